The van der Waals surface area contributed by atoms with E-state index in [1.807, 2.05) is 53.0 Å². The highest BCUT2D eigenvalue weighted by molar-refractivity contribution is 8.00. The third-order valence-corrected chi connectivity index (χ3v) is 8.21. The summed E-state index contributed by atoms with van der Waals surface area (Å²) in [4.78, 5) is 33.9. The van der Waals surface area contributed by atoms with Crippen molar-refractivity contribution in [1.82, 2.24) is 9.88 Å². The minimum atomic E-state index is -0.205. The Morgan fingerprint density at radius 1 is 1.13 bits per heavy atom. The molecule has 2 amide bonds. The smallest absolute Gasteiger partial charge is 0.258 e. The Labute approximate surface area is 194 Å². The van der Waals surface area contributed by atoms with Gasteiger partial charge in [0.25, 0.3) is 5.91 Å². The van der Waals surface area contributed by atoms with Crippen molar-refractivity contribution in [3.8, 4) is 10.6 Å². The van der Waals surface area contributed by atoms with Crippen molar-refractivity contribution in [2.75, 3.05) is 18.1 Å². The fourth-order valence-electron chi connectivity index (χ4n) is 3.73. The molecule has 1 N–H and O–H groups in total. The number of nitrogens with one attached hydrogen (secondary N) is 1. The molecule has 8 heteroatoms. The van der Waals surface area contributed by atoms with Crippen molar-refractivity contribution in [2.24, 2.45) is 0 Å². The summed E-state index contributed by atoms with van der Waals surface area (Å²) >= 11 is 4.45. The Kier molecular flexibility index (Phi) is 7.42. The summed E-state index contributed by atoms with van der Waals surface area (Å²) in [6, 6.07) is 11.8. The molecule has 1 aliphatic carbocycles. The first-order chi connectivity index (χ1) is 15.1. The Balaban J connectivity index is 1.38. The van der Waals surface area contributed by atoms with Gasteiger partial charge in [-0.3, -0.25) is 14.9 Å². The maximum Gasteiger partial charge on any atom is 0.258 e. The molecule has 0 spiro atoms. The van der Waals surface area contributed by atoms with Crippen molar-refractivity contribution in [2.45, 2.75) is 43.0 Å². The molecule has 0 atom stereocenters. The second kappa shape index (κ2) is 10.4. The number of hydrogen-bond acceptors (Lipinski definition) is 6. The average molecular weight is 472 g/mol. The number of carbonyl (C=O) groups is 2. The summed E-state index contributed by atoms with van der Waals surface area (Å²) < 4.78 is 0. The second-order valence-electron chi connectivity index (χ2n) is 7.55. The molecule has 4 rings (SSSR count). The number of nitrogens with zero attached hydrogens (tertiary/aromatic N) is 2. The third-order valence-electron chi connectivity index (χ3n) is 5.50. The quantitative estimate of drug-likeness (QED) is 0.429. The normalized spacial score (nSPS) is 14.4. The van der Waals surface area contributed by atoms with Crippen molar-refractivity contribution in [1.29, 1.82) is 0 Å². The molecular weight excluding hydrogens is 446 g/mol. The Morgan fingerprint density at radius 3 is 2.71 bits per heavy atom. The molecule has 0 unspecified atom stereocenters. The first-order valence-corrected chi connectivity index (χ1v) is 13.1. The molecule has 2 heterocycles. The molecule has 0 aliphatic heterocycles. The first-order valence-electron chi connectivity index (χ1n) is 10.4. The minimum Gasteiger partial charge on any atom is -0.342 e. The van der Waals surface area contributed by atoms with Gasteiger partial charge in [-0.25, -0.2) is 4.98 Å². The van der Waals surface area contributed by atoms with Crippen LogP contribution in [0.3, 0.4) is 0 Å². The van der Waals surface area contributed by atoms with Crippen molar-refractivity contribution < 1.29 is 9.59 Å². The van der Waals surface area contributed by atoms with Gasteiger partial charge in [0.1, 0.15) is 0 Å². The lowest BCUT2D eigenvalue weighted by molar-refractivity contribution is -0.129. The number of carbonyl (C=O) groups excluding carboxylic acids is 2. The maximum atomic E-state index is 12.9. The van der Waals surface area contributed by atoms with E-state index in [9.17, 15) is 9.59 Å². The first kappa shape index (κ1) is 22.0. The predicted octanol–water partition coefficient (Wildman–Crippen LogP) is 6.01. The lowest BCUT2D eigenvalue weighted by atomic mass is 9.94. The molecular formula is C23H25N3O2S3. The molecule has 2 aromatic heterocycles. The lowest BCUT2D eigenvalue weighted by Crippen LogP contribution is -2.39. The van der Waals surface area contributed by atoms with Gasteiger partial charge >= 0.3 is 0 Å². The Hall–Kier alpha value is -2.16. The number of thiophene rings is 1. The van der Waals surface area contributed by atoms with Gasteiger partial charge in [-0.05, 0) is 36.4 Å². The highest BCUT2D eigenvalue weighted by atomic mass is 32.2. The summed E-state index contributed by atoms with van der Waals surface area (Å²) in [6.45, 7) is 0. The van der Waals surface area contributed by atoms with Crippen LogP contribution in [0.4, 0.5) is 5.13 Å². The van der Waals surface area contributed by atoms with E-state index < -0.39 is 0 Å². The van der Waals surface area contributed by atoms with E-state index in [0.717, 1.165) is 28.3 Å². The van der Waals surface area contributed by atoms with Crippen LogP contribution < -0.4 is 5.32 Å². The topological polar surface area (TPSA) is 62.3 Å². The maximum absolute atomic E-state index is 12.9. The minimum absolute atomic E-state index is 0.118. The summed E-state index contributed by atoms with van der Waals surface area (Å²) in [6.07, 6.45) is 5.84. The molecule has 3 aromatic rings. The Morgan fingerprint density at radius 2 is 1.94 bits per heavy atom. The number of anilines is 1. The van der Waals surface area contributed by atoms with Crippen LogP contribution in [0.5, 0.6) is 0 Å². The van der Waals surface area contributed by atoms with Gasteiger partial charge in [0.2, 0.25) is 5.91 Å². The van der Waals surface area contributed by atoms with E-state index in [1.54, 1.807) is 17.4 Å². The van der Waals surface area contributed by atoms with E-state index in [2.05, 4.69) is 10.3 Å². The van der Waals surface area contributed by atoms with Gasteiger partial charge in [-0.15, -0.1) is 34.4 Å². The van der Waals surface area contributed by atoms with Gasteiger partial charge in [-0.2, -0.15) is 0 Å². The summed E-state index contributed by atoms with van der Waals surface area (Å²) in [5.41, 5.74) is 1.43. The number of hydrogen-bond donors (Lipinski definition) is 1. The summed E-state index contributed by atoms with van der Waals surface area (Å²) in [7, 11) is 1.91. The highest BCUT2D eigenvalue weighted by Gasteiger charge is 2.22. The van der Waals surface area contributed by atoms with E-state index >= 15 is 0 Å². The lowest BCUT2D eigenvalue weighted by Gasteiger charge is -2.31. The number of amides is 2. The molecule has 1 saturated carbocycles. The third kappa shape index (κ3) is 5.56. The summed E-state index contributed by atoms with van der Waals surface area (Å²) in [5, 5.41) is 7.43. The predicted molar refractivity (Wildman–Crippen MR) is 130 cm³/mol. The van der Waals surface area contributed by atoms with Crippen LogP contribution in [0.15, 0.2) is 52.1 Å². The molecule has 1 aliphatic rings. The van der Waals surface area contributed by atoms with Crippen LogP contribution >= 0.6 is 34.4 Å². The molecule has 1 fully saturated rings. The van der Waals surface area contributed by atoms with Crippen molar-refractivity contribution in [3.63, 3.8) is 0 Å². The number of aromatic nitrogens is 1. The fourth-order valence-corrected chi connectivity index (χ4v) is 6.17. The number of thioether (sulfide) groups is 1. The van der Waals surface area contributed by atoms with Crippen LogP contribution in [0.25, 0.3) is 10.6 Å². The highest BCUT2D eigenvalue weighted by Crippen LogP contribution is 2.30. The SMILES string of the molecule is CN(C(=O)CSc1ccccc1C(=O)Nc1nc(-c2cccs2)cs1)C1CCCCC1. The molecule has 5 nitrogen and oxygen atoms in total. The van der Waals surface area contributed by atoms with E-state index in [1.165, 1.54) is 42.4 Å². The van der Waals surface area contributed by atoms with Crippen LogP contribution in [0.2, 0.25) is 0 Å². The molecule has 0 radical (unpaired) electrons. The van der Waals surface area contributed by atoms with E-state index in [-0.39, 0.29) is 11.8 Å². The van der Waals surface area contributed by atoms with Gasteiger partial charge in [0.05, 0.1) is 21.9 Å². The van der Waals surface area contributed by atoms with E-state index in [0.29, 0.717) is 22.5 Å². The number of rotatable bonds is 7. The van der Waals surface area contributed by atoms with Gasteiger partial charge in [0, 0.05) is 23.4 Å². The van der Waals surface area contributed by atoms with Crippen LogP contribution in [0, 0.1) is 0 Å². The second-order valence-corrected chi connectivity index (χ2v) is 10.4. The monoisotopic (exact) mass is 471 g/mol. The molecule has 1 aromatic carbocycles. The summed E-state index contributed by atoms with van der Waals surface area (Å²) in [5.74, 6) is 0.243. The number of thiazole rings is 1. The van der Waals surface area contributed by atoms with Crippen LogP contribution in [-0.4, -0.2) is 40.5 Å². The van der Waals surface area contributed by atoms with Gasteiger partial charge in [-0.1, -0.05) is 37.5 Å². The van der Waals surface area contributed by atoms with Gasteiger partial charge < -0.3 is 4.90 Å². The van der Waals surface area contributed by atoms with Crippen LogP contribution in [-0.2, 0) is 4.79 Å². The molecule has 0 bridgehead atoms. The standard InChI is InChI=1S/C23H25N3O2S3/c1-26(16-8-3-2-4-9-16)21(27)15-30-19-11-6-5-10-17(19)22(28)25-23-24-18(14-31-23)20-12-7-13-29-20/h5-7,10-14,16H,2-4,8-9,15H2,1H3,(H,24,25,28). The zero-order valence-corrected chi connectivity index (χ0v) is 19.8. The number of benzene rings is 1. The molecule has 31 heavy (non-hydrogen) atoms. The van der Waals surface area contributed by atoms with E-state index in [4.69, 9.17) is 0 Å². The average Bonchev–Trinajstić information content (AvgIpc) is 3.50. The van der Waals surface area contributed by atoms with Crippen LogP contribution in [0.1, 0.15) is 42.5 Å². The largest absolute Gasteiger partial charge is 0.342 e. The Bertz CT molecular complexity index is 1030. The fraction of sp³-hybridized carbons (Fsp3) is 0.348. The van der Waals surface area contributed by atoms with Crippen molar-refractivity contribution >= 4 is 51.4 Å². The zero-order valence-electron chi connectivity index (χ0n) is 17.4. The van der Waals surface area contributed by atoms with Crippen molar-refractivity contribution in [3.05, 3.63) is 52.7 Å². The van der Waals surface area contributed by atoms with Gasteiger partial charge in [0.15, 0.2) is 5.13 Å². The zero-order chi connectivity index (χ0) is 21.6. The molecule has 162 valence electrons. The molecule has 0 saturated heterocycles.